The number of terminal acetylenes is 1. The average molecular weight is 587 g/mol. The normalized spacial score (nSPS) is 21.3. The van der Waals surface area contributed by atoms with E-state index in [1.807, 2.05) is 0 Å². The van der Waals surface area contributed by atoms with Crippen molar-refractivity contribution in [3.8, 4) is 47.3 Å². The second kappa shape index (κ2) is 10.2. The molecule has 2 aromatic carbocycles. The number of hydrogen-bond donors (Lipinski definition) is 1. The van der Waals surface area contributed by atoms with E-state index in [-0.39, 0.29) is 82.9 Å². The first-order chi connectivity index (χ1) is 20.8. The molecule has 0 saturated carbocycles. The number of halogens is 3. The Labute approximate surface area is 244 Å². The zero-order valence-electron chi connectivity index (χ0n) is 22.9. The number of pyridine rings is 1. The highest BCUT2D eigenvalue weighted by molar-refractivity contribution is 6.04. The monoisotopic (exact) mass is 586 g/mol. The van der Waals surface area contributed by atoms with Crippen molar-refractivity contribution in [2.75, 3.05) is 44.3 Å². The van der Waals surface area contributed by atoms with Crippen molar-refractivity contribution in [3.63, 3.8) is 0 Å². The number of ether oxygens (including phenoxy) is 2. The summed E-state index contributed by atoms with van der Waals surface area (Å²) >= 11 is 0. The lowest BCUT2D eigenvalue weighted by Crippen LogP contribution is -2.43. The van der Waals surface area contributed by atoms with Gasteiger partial charge >= 0.3 is 6.01 Å². The second-order valence-corrected chi connectivity index (χ2v) is 11.1. The summed E-state index contributed by atoms with van der Waals surface area (Å²) in [5.41, 5.74) is -1.04. The Bertz CT molecular complexity index is 1890. The molecule has 0 spiro atoms. The molecule has 7 rings (SSSR count). The first-order valence-electron chi connectivity index (χ1n) is 13.9. The molecule has 5 heterocycles. The molecule has 0 bridgehead atoms. The van der Waals surface area contributed by atoms with Crippen LogP contribution in [-0.4, -0.2) is 76.1 Å². The molecule has 2 fully saturated rings. The van der Waals surface area contributed by atoms with Gasteiger partial charge < -0.3 is 19.5 Å². The third-order valence-electron chi connectivity index (χ3n) is 8.56. The van der Waals surface area contributed by atoms with Crippen molar-refractivity contribution < 1.29 is 27.8 Å². The molecule has 2 aromatic heterocycles. The Morgan fingerprint density at radius 3 is 2.86 bits per heavy atom. The topological polar surface area (TPSA) is 108 Å². The van der Waals surface area contributed by atoms with E-state index >= 15 is 4.39 Å². The molecule has 0 aliphatic carbocycles. The van der Waals surface area contributed by atoms with Crippen molar-refractivity contribution in [3.05, 3.63) is 41.5 Å². The lowest BCUT2D eigenvalue weighted by Gasteiger charge is -2.31. The fraction of sp³-hybridized carbons (Fsp3) is 0.355. The Balaban J connectivity index is 1.43. The number of anilines is 1. The van der Waals surface area contributed by atoms with Gasteiger partial charge in [0.25, 0.3) is 0 Å². The van der Waals surface area contributed by atoms with Gasteiger partial charge in [-0.25, -0.2) is 18.2 Å². The Morgan fingerprint density at radius 2 is 2.05 bits per heavy atom. The third-order valence-corrected chi connectivity index (χ3v) is 8.56. The quantitative estimate of drug-likeness (QED) is 0.267. The van der Waals surface area contributed by atoms with Crippen LogP contribution in [0, 0.1) is 35.3 Å². The molecule has 4 aromatic rings. The number of hydrogen-bond acceptors (Lipinski definition) is 9. The summed E-state index contributed by atoms with van der Waals surface area (Å²) in [4.78, 5) is 17.2. The number of phenols is 1. The van der Waals surface area contributed by atoms with Gasteiger partial charge in [-0.2, -0.15) is 15.2 Å². The minimum Gasteiger partial charge on any atom is -0.508 e. The van der Waals surface area contributed by atoms with Gasteiger partial charge in [-0.1, -0.05) is 12.0 Å². The molecule has 43 heavy (non-hydrogen) atoms. The maximum absolute atomic E-state index is 16.7. The molecule has 9 nitrogen and oxygen atoms in total. The van der Waals surface area contributed by atoms with Crippen LogP contribution in [0.25, 0.3) is 32.9 Å². The molecule has 0 unspecified atom stereocenters. The summed E-state index contributed by atoms with van der Waals surface area (Å²) in [6.45, 7) is 1.50. The fourth-order valence-corrected chi connectivity index (χ4v) is 6.68. The summed E-state index contributed by atoms with van der Waals surface area (Å²) in [7, 11) is 0. The highest BCUT2D eigenvalue weighted by atomic mass is 19.1. The van der Waals surface area contributed by atoms with Gasteiger partial charge in [-0.05, 0) is 43.0 Å². The van der Waals surface area contributed by atoms with Gasteiger partial charge in [-0.3, -0.25) is 4.90 Å². The SMILES string of the molecule is C#Cc1c(F)ccc2cc(O)cc(-c3nc4c5c(nc(OC[C@@]67CCCN6C[C@H](F)C7)nc5c3F)N(CC#N)CCO4)c12. The average Bonchev–Trinajstić information content (AvgIpc) is 3.45. The van der Waals surface area contributed by atoms with Crippen molar-refractivity contribution in [2.24, 2.45) is 0 Å². The summed E-state index contributed by atoms with van der Waals surface area (Å²) < 4.78 is 57.8. The molecule has 0 radical (unpaired) electrons. The summed E-state index contributed by atoms with van der Waals surface area (Å²) in [5.74, 6) is 0.734. The summed E-state index contributed by atoms with van der Waals surface area (Å²) in [6.07, 6.45) is 6.68. The molecule has 218 valence electrons. The zero-order chi connectivity index (χ0) is 29.9. The standard InChI is InChI=1S/C31H25F3N6O3/c1-2-20-22(33)5-4-17-12-19(41)13-21(23(17)20)26-25(34)27-24-28(39(9-7-35)10-11-42-29(24)36-26)38-30(37-27)43-16-31-6-3-8-40(31)15-18(32)14-31/h1,4-5,12-13,18,41H,3,6,8-11,14-16H2/t18-,31+/m1/s1. The van der Waals surface area contributed by atoms with Gasteiger partial charge in [0.05, 0.1) is 23.7 Å². The van der Waals surface area contributed by atoms with Crippen molar-refractivity contribution in [2.45, 2.75) is 31.0 Å². The largest absolute Gasteiger partial charge is 0.508 e. The molecule has 0 amide bonds. The number of aromatic hydroxyl groups is 1. The predicted octanol–water partition coefficient (Wildman–Crippen LogP) is 4.49. The van der Waals surface area contributed by atoms with Crippen LogP contribution in [0.5, 0.6) is 17.6 Å². The molecule has 12 heteroatoms. The number of nitrogens with zero attached hydrogens (tertiary/aromatic N) is 6. The first kappa shape index (κ1) is 27.0. The van der Waals surface area contributed by atoms with Crippen LogP contribution >= 0.6 is 0 Å². The molecule has 1 N–H and O–H groups in total. The minimum absolute atomic E-state index is 0.000157. The van der Waals surface area contributed by atoms with E-state index in [0.29, 0.717) is 18.4 Å². The van der Waals surface area contributed by atoms with Crippen LogP contribution in [-0.2, 0) is 0 Å². The minimum atomic E-state index is -0.960. The number of nitriles is 1. The number of benzene rings is 2. The van der Waals surface area contributed by atoms with Crippen molar-refractivity contribution >= 4 is 27.5 Å². The molecule has 3 aliphatic rings. The Hall–Kier alpha value is -4.81. The molecule has 2 atom stereocenters. The number of aromatic nitrogens is 3. The van der Waals surface area contributed by atoms with Gasteiger partial charge in [0, 0.05) is 23.9 Å². The van der Waals surface area contributed by atoms with E-state index in [1.54, 1.807) is 4.90 Å². The number of phenolic OH excluding ortho intramolecular Hbond substituents is 1. The number of fused-ring (bicyclic) bond motifs is 2. The fourth-order valence-electron chi connectivity index (χ4n) is 6.68. The molecule has 3 aliphatic heterocycles. The number of alkyl halides is 1. The summed E-state index contributed by atoms with van der Waals surface area (Å²) in [5, 5.41) is 20.7. The van der Waals surface area contributed by atoms with Crippen LogP contribution in [0.4, 0.5) is 19.0 Å². The summed E-state index contributed by atoms with van der Waals surface area (Å²) in [6, 6.07) is 7.21. The van der Waals surface area contributed by atoms with Crippen LogP contribution in [0.2, 0.25) is 0 Å². The Morgan fingerprint density at radius 1 is 1.19 bits per heavy atom. The van der Waals surface area contributed by atoms with Crippen LogP contribution in [0.1, 0.15) is 24.8 Å². The van der Waals surface area contributed by atoms with Gasteiger partial charge in [0.2, 0.25) is 5.88 Å². The predicted molar refractivity (Wildman–Crippen MR) is 152 cm³/mol. The van der Waals surface area contributed by atoms with E-state index < -0.39 is 23.3 Å². The third kappa shape index (κ3) is 4.33. The van der Waals surface area contributed by atoms with Gasteiger partial charge in [-0.15, -0.1) is 6.42 Å². The Kier molecular flexibility index (Phi) is 6.40. The zero-order valence-corrected chi connectivity index (χ0v) is 22.9. The van der Waals surface area contributed by atoms with Crippen LogP contribution in [0.15, 0.2) is 24.3 Å². The highest BCUT2D eigenvalue weighted by Gasteiger charge is 2.49. The molecular weight excluding hydrogens is 561 g/mol. The smallest absolute Gasteiger partial charge is 0.319 e. The van der Waals surface area contributed by atoms with Crippen molar-refractivity contribution in [1.29, 1.82) is 5.26 Å². The second-order valence-electron chi connectivity index (χ2n) is 11.1. The first-order valence-corrected chi connectivity index (χ1v) is 13.9. The lowest BCUT2D eigenvalue weighted by molar-refractivity contribution is 0.107. The van der Waals surface area contributed by atoms with Crippen LogP contribution in [0.3, 0.4) is 0 Å². The highest BCUT2D eigenvalue weighted by Crippen LogP contribution is 2.44. The van der Waals surface area contributed by atoms with Crippen molar-refractivity contribution in [1.82, 2.24) is 19.9 Å². The van der Waals surface area contributed by atoms with Gasteiger partial charge in [0.15, 0.2) is 5.82 Å². The number of rotatable bonds is 5. The molecule has 2 saturated heterocycles. The van der Waals surface area contributed by atoms with E-state index in [0.717, 1.165) is 19.4 Å². The maximum atomic E-state index is 16.7. The van der Waals surface area contributed by atoms with E-state index in [1.165, 1.54) is 24.3 Å². The van der Waals surface area contributed by atoms with E-state index in [2.05, 4.69) is 31.8 Å². The van der Waals surface area contributed by atoms with E-state index in [9.17, 15) is 19.1 Å². The lowest BCUT2D eigenvalue weighted by atomic mass is 9.95. The van der Waals surface area contributed by atoms with E-state index in [4.69, 9.17) is 15.9 Å². The maximum Gasteiger partial charge on any atom is 0.319 e. The van der Waals surface area contributed by atoms with Crippen LogP contribution < -0.4 is 14.4 Å². The molecular formula is C31H25F3N6O3. The van der Waals surface area contributed by atoms with Gasteiger partial charge in [0.1, 0.15) is 59.9 Å².